The molecule has 0 aliphatic heterocycles. The Labute approximate surface area is 153 Å². The van der Waals surface area contributed by atoms with E-state index >= 15 is 0 Å². The van der Waals surface area contributed by atoms with Crippen LogP contribution in [0.25, 0.3) is 0 Å². The lowest BCUT2D eigenvalue weighted by Gasteiger charge is -2.12. The third-order valence-corrected chi connectivity index (χ3v) is 4.76. The number of ether oxygens (including phenoxy) is 1. The molecular formula is C18H27N5OS. The Bertz CT molecular complexity index is 681. The average Bonchev–Trinajstić information content (AvgIpc) is 2.94. The van der Waals surface area contributed by atoms with E-state index in [1.807, 2.05) is 13.8 Å². The van der Waals surface area contributed by atoms with Gasteiger partial charge in [-0.15, -0.1) is 11.3 Å². The summed E-state index contributed by atoms with van der Waals surface area (Å²) < 4.78 is 5.03. The van der Waals surface area contributed by atoms with Gasteiger partial charge >= 0.3 is 0 Å². The molecule has 0 spiro atoms. The molecule has 2 aromatic rings. The Morgan fingerprint density at radius 2 is 1.88 bits per heavy atom. The topological polar surface area (TPSA) is 70.6 Å². The van der Waals surface area contributed by atoms with E-state index in [2.05, 4.69) is 50.2 Å². The van der Waals surface area contributed by atoms with E-state index in [1.54, 1.807) is 25.5 Å². The average molecular weight is 362 g/mol. The van der Waals surface area contributed by atoms with Gasteiger partial charge < -0.3 is 20.7 Å². The Hall–Kier alpha value is -2.12. The summed E-state index contributed by atoms with van der Waals surface area (Å²) in [6.45, 7) is 7.03. The third kappa shape index (κ3) is 6.36. The number of nitrogens with zero attached hydrogens (tertiary/aromatic N) is 2. The Balaban J connectivity index is 1.79. The first-order valence-electron chi connectivity index (χ1n) is 8.31. The van der Waals surface area contributed by atoms with Crippen LogP contribution in [0.3, 0.4) is 0 Å². The molecule has 7 heteroatoms. The first kappa shape index (κ1) is 19.2. The molecular weight excluding hydrogens is 334 g/mol. The van der Waals surface area contributed by atoms with Gasteiger partial charge in [0.05, 0.1) is 23.9 Å². The van der Waals surface area contributed by atoms with Gasteiger partial charge in [-0.05, 0) is 31.5 Å². The van der Waals surface area contributed by atoms with Gasteiger partial charge in [-0.2, -0.15) is 0 Å². The van der Waals surface area contributed by atoms with Crippen LogP contribution >= 0.6 is 11.3 Å². The molecule has 0 bridgehead atoms. The van der Waals surface area contributed by atoms with E-state index < -0.39 is 0 Å². The van der Waals surface area contributed by atoms with Gasteiger partial charge in [0.2, 0.25) is 0 Å². The summed E-state index contributed by atoms with van der Waals surface area (Å²) in [6.07, 6.45) is 0. The molecule has 0 amide bonds. The number of methoxy groups -OCH3 is 1. The van der Waals surface area contributed by atoms with Crippen molar-refractivity contribution in [3.05, 3.63) is 45.4 Å². The molecule has 0 aliphatic carbocycles. The van der Waals surface area contributed by atoms with Gasteiger partial charge in [0.15, 0.2) is 5.96 Å². The fourth-order valence-corrected chi connectivity index (χ4v) is 3.22. The van der Waals surface area contributed by atoms with Crippen molar-refractivity contribution in [2.24, 2.45) is 4.99 Å². The van der Waals surface area contributed by atoms with Crippen molar-refractivity contribution in [3.8, 4) is 0 Å². The highest BCUT2D eigenvalue weighted by atomic mass is 32.1. The molecule has 3 N–H and O–H groups in total. The van der Waals surface area contributed by atoms with E-state index in [1.165, 1.54) is 10.4 Å². The predicted molar refractivity (Wildman–Crippen MR) is 105 cm³/mol. The van der Waals surface area contributed by atoms with Crippen molar-refractivity contribution in [2.75, 3.05) is 32.6 Å². The highest BCUT2D eigenvalue weighted by molar-refractivity contribution is 7.11. The number of benzene rings is 1. The lowest BCUT2D eigenvalue weighted by Crippen LogP contribution is -2.36. The summed E-state index contributed by atoms with van der Waals surface area (Å²) in [5.41, 5.74) is 3.38. The van der Waals surface area contributed by atoms with Crippen molar-refractivity contribution in [3.63, 3.8) is 0 Å². The molecule has 2 rings (SSSR count). The zero-order valence-corrected chi connectivity index (χ0v) is 16.2. The molecule has 1 aromatic carbocycles. The first-order chi connectivity index (χ1) is 12.1. The minimum Gasteiger partial charge on any atom is -0.383 e. The maximum Gasteiger partial charge on any atom is 0.191 e. The van der Waals surface area contributed by atoms with Crippen LogP contribution in [-0.4, -0.2) is 38.3 Å². The highest BCUT2D eigenvalue weighted by Gasteiger charge is 2.06. The van der Waals surface area contributed by atoms with Gasteiger partial charge in [0.1, 0.15) is 0 Å². The summed E-state index contributed by atoms with van der Waals surface area (Å²) in [7, 11) is 3.48. The molecule has 1 heterocycles. The summed E-state index contributed by atoms with van der Waals surface area (Å²) in [5.74, 6) is 0.785. The zero-order chi connectivity index (χ0) is 18.1. The number of rotatable bonds is 8. The van der Waals surface area contributed by atoms with Gasteiger partial charge in [0.25, 0.3) is 0 Å². The van der Waals surface area contributed by atoms with Crippen LogP contribution in [0.2, 0.25) is 0 Å². The second kappa shape index (κ2) is 10.0. The number of aromatic nitrogens is 1. The van der Waals surface area contributed by atoms with E-state index in [0.29, 0.717) is 6.61 Å². The smallest absolute Gasteiger partial charge is 0.191 e. The zero-order valence-electron chi connectivity index (χ0n) is 15.3. The van der Waals surface area contributed by atoms with Crippen molar-refractivity contribution in [2.45, 2.75) is 26.9 Å². The number of aliphatic imine (C=N–C) groups is 1. The number of anilines is 1. The largest absolute Gasteiger partial charge is 0.383 e. The van der Waals surface area contributed by atoms with Crippen LogP contribution in [0.1, 0.15) is 21.1 Å². The van der Waals surface area contributed by atoms with Gasteiger partial charge in [-0.25, -0.2) is 4.98 Å². The number of hydrogen-bond acceptors (Lipinski definition) is 5. The SMILES string of the molecule is CN=C(NCc1ccc(NCCOC)cc1)NCc1sc(C)nc1C. The number of nitrogens with one attached hydrogen (secondary N) is 3. The molecule has 0 saturated carbocycles. The fourth-order valence-electron chi connectivity index (χ4n) is 2.35. The van der Waals surface area contributed by atoms with Crippen LogP contribution in [0, 0.1) is 13.8 Å². The molecule has 0 radical (unpaired) electrons. The number of hydrogen-bond donors (Lipinski definition) is 3. The Morgan fingerprint density at radius 1 is 1.16 bits per heavy atom. The van der Waals surface area contributed by atoms with Crippen molar-refractivity contribution in [1.29, 1.82) is 0 Å². The maximum atomic E-state index is 5.03. The van der Waals surface area contributed by atoms with Gasteiger partial charge in [0, 0.05) is 37.8 Å². The lowest BCUT2D eigenvalue weighted by atomic mass is 10.2. The van der Waals surface area contributed by atoms with E-state index in [4.69, 9.17) is 4.74 Å². The molecule has 6 nitrogen and oxygen atoms in total. The second-order valence-corrected chi connectivity index (χ2v) is 6.93. The number of guanidine groups is 1. The highest BCUT2D eigenvalue weighted by Crippen LogP contribution is 2.16. The quantitative estimate of drug-likeness (QED) is 0.383. The number of aryl methyl sites for hydroxylation is 2. The lowest BCUT2D eigenvalue weighted by molar-refractivity contribution is 0.211. The molecule has 25 heavy (non-hydrogen) atoms. The summed E-state index contributed by atoms with van der Waals surface area (Å²) in [6, 6.07) is 8.36. The Kier molecular flexibility index (Phi) is 7.69. The Morgan fingerprint density at radius 3 is 2.48 bits per heavy atom. The van der Waals surface area contributed by atoms with Crippen LogP contribution < -0.4 is 16.0 Å². The fraction of sp³-hybridized carbons (Fsp3) is 0.444. The summed E-state index contributed by atoms with van der Waals surface area (Å²) >= 11 is 1.72. The van der Waals surface area contributed by atoms with Gasteiger partial charge in [-0.1, -0.05) is 12.1 Å². The minimum atomic E-state index is 0.698. The van der Waals surface area contributed by atoms with Crippen molar-refractivity contribution >= 4 is 23.0 Å². The predicted octanol–water partition coefficient (Wildman–Crippen LogP) is 2.68. The monoisotopic (exact) mass is 361 g/mol. The van der Waals surface area contributed by atoms with Crippen LogP contribution in [0.5, 0.6) is 0 Å². The first-order valence-corrected chi connectivity index (χ1v) is 9.13. The summed E-state index contributed by atoms with van der Waals surface area (Å²) in [5, 5.41) is 11.1. The molecule has 136 valence electrons. The van der Waals surface area contributed by atoms with Crippen LogP contribution in [-0.2, 0) is 17.8 Å². The normalized spacial score (nSPS) is 11.4. The standard InChI is InChI=1S/C18H27N5OS/c1-13-17(25-14(2)23-13)12-22-18(19-3)21-11-15-5-7-16(8-6-15)20-9-10-24-4/h5-8,20H,9-12H2,1-4H3,(H2,19,21,22). The van der Waals surface area contributed by atoms with E-state index in [0.717, 1.165) is 42.0 Å². The molecule has 0 unspecified atom stereocenters. The maximum absolute atomic E-state index is 5.03. The van der Waals surface area contributed by atoms with Crippen molar-refractivity contribution in [1.82, 2.24) is 15.6 Å². The summed E-state index contributed by atoms with van der Waals surface area (Å²) in [4.78, 5) is 9.96. The van der Waals surface area contributed by atoms with E-state index in [9.17, 15) is 0 Å². The van der Waals surface area contributed by atoms with Crippen molar-refractivity contribution < 1.29 is 4.74 Å². The van der Waals surface area contributed by atoms with Crippen LogP contribution in [0.15, 0.2) is 29.3 Å². The molecule has 0 fully saturated rings. The van der Waals surface area contributed by atoms with Crippen LogP contribution in [0.4, 0.5) is 5.69 Å². The number of thiazole rings is 1. The minimum absolute atomic E-state index is 0.698. The second-order valence-electron chi connectivity index (χ2n) is 5.64. The van der Waals surface area contributed by atoms with E-state index in [-0.39, 0.29) is 0 Å². The third-order valence-electron chi connectivity index (χ3n) is 3.69. The molecule has 0 atom stereocenters. The molecule has 1 aromatic heterocycles. The molecule has 0 aliphatic rings. The molecule has 0 saturated heterocycles. The van der Waals surface area contributed by atoms with Gasteiger partial charge in [-0.3, -0.25) is 4.99 Å².